The van der Waals surface area contributed by atoms with E-state index in [0.29, 0.717) is 22.2 Å². The zero-order chi connectivity index (χ0) is 19.5. The fourth-order valence-electron chi connectivity index (χ4n) is 3.13. The fraction of sp³-hybridized carbons (Fsp3) is 0.0909. The summed E-state index contributed by atoms with van der Waals surface area (Å²) in [5.41, 5.74) is 3.53. The number of nitrogens with one attached hydrogen (secondary N) is 1. The summed E-state index contributed by atoms with van der Waals surface area (Å²) in [7, 11) is 0. The number of aromatic nitrogens is 2. The second-order valence-electron chi connectivity index (χ2n) is 6.46. The molecule has 4 aromatic rings. The third kappa shape index (κ3) is 4.19. The minimum atomic E-state index is -0.136. The molecule has 0 unspecified atom stereocenters. The minimum Gasteiger partial charge on any atom is -0.324 e. The van der Waals surface area contributed by atoms with Crippen LogP contribution in [0.1, 0.15) is 11.4 Å². The molecule has 0 bridgehead atoms. The molecule has 6 heteroatoms. The highest BCUT2D eigenvalue weighted by Crippen LogP contribution is 2.20. The van der Waals surface area contributed by atoms with Crippen molar-refractivity contribution < 1.29 is 4.79 Å². The zero-order valence-electron chi connectivity index (χ0n) is 14.9. The molecule has 0 spiro atoms. The van der Waals surface area contributed by atoms with Gasteiger partial charge in [0.25, 0.3) is 0 Å². The van der Waals surface area contributed by atoms with E-state index in [9.17, 15) is 4.79 Å². The van der Waals surface area contributed by atoms with Crippen molar-refractivity contribution in [1.82, 2.24) is 9.55 Å². The Hall–Kier alpha value is -2.82. The number of hydrogen-bond acceptors (Lipinski definition) is 2. The molecule has 1 heterocycles. The van der Waals surface area contributed by atoms with E-state index >= 15 is 0 Å². The van der Waals surface area contributed by atoms with Crippen LogP contribution in [0.5, 0.6) is 0 Å². The van der Waals surface area contributed by atoms with Gasteiger partial charge in [-0.25, -0.2) is 4.98 Å². The van der Waals surface area contributed by atoms with Crippen LogP contribution in [-0.4, -0.2) is 15.5 Å². The van der Waals surface area contributed by atoms with Gasteiger partial charge in [-0.05, 0) is 48.0 Å². The van der Waals surface area contributed by atoms with Crippen molar-refractivity contribution in [3.05, 3.63) is 94.2 Å². The third-order valence-corrected chi connectivity index (χ3v) is 4.91. The predicted molar refractivity (Wildman–Crippen MR) is 114 cm³/mol. The second-order valence-corrected chi connectivity index (χ2v) is 7.34. The average molecular weight is 410 g/mol. The first-order valence-electron chi connectivity index (χ1n) is 8.82. The van der Waals surface area contributed by atoms with Gasteiger partial charge in [0.15, 0.2) is 0 Å². The van der Waals surface area contributed by atoms with Crippen molar-refractivity contribution in [3.8, 4) is 0 Å². The number of hydrogen-bond donors (Lipinski definition) is 1. The van der Waals surface area contributed by atoms with Gasteiger partial charge in [0.2, 0.25) is 5.91 Å². The summed E-state index contributed by atoms with van der Waals surface area (Å²) < 4.78 is 1.95. The van der Waals surface area contributed by atoms with Gasteiger partial charge in [-0.2, -0.15) is 0 Å². The van der Waals surface area contributed by atoms with Gasteiger partial charge in [-0.15, -0.1) is 0 Å². The smallest absolute Gasteiger partial charge is 0.244 e. The maximum absolute atomic E-state index is 12.7. The molecule has 1 aromatic heterocycles. The van der Waals surface area contributed by atoms with Crippen LogP contribution in [0, 0.1) is 0 Å². The number of nitrogens with zero attached hydrogens (tertiary/aromatic N) is 2. The monoisotopic (exact) mass is 409 g/mol. The van der Waals surface area contributed by atoms with Gasteiger partial charge >= 0.3 is 0 Å². The van der Waals surface area contributed by atoms with Crippen molar-refractivity contribution in [1.29, 1.82) is 0 Å². The molecule has 1 N–H and O–H groups in total. The number of para-hydroxylation sites is 2. The first kappa shape index (κ1) is 18.5. The molecule has 0 saturated heterocycles. The third-order valence-electron chi connectivity index (χ3n) is 4.42. The first-order chi connectivity index (χ1) is 13.6. The fourth-order valence-corrected chi connectivity index (χ4v) is 3.45. The lowest BCUT2D eigenvalue weighted by molar-refractivity contribution is -0.116. The van der Waals surface area contributed by atoms with E-state index < -0.39 is 0 Å². The molecule has 0 atom stereocenters. The second kappa shape index (κ2) is 8.05. The van der Waals surface area contributed by atoms with Crippen molar-refractivity contribution in [3.63, 3.8) is 0 Å². The van der Waals surface area contributed by atoms with E-state index in [-0.39, 0.29) is 12.5 Å². The number of halogens is 2. The Morgan fingerprint density at radius 2 is 1.71 bits per heavy atom. The maximum atomic E-state index is 12.7. The van der Waals surface area contributed by atoms with E-state index in [0.717, 1.165) is 22.4 Å². The number of anilines is 1. The van der Waals surface area contributed by atoms with Crippen LogP contribution in [-0.2, 0) is 17.8 Å². The minimum absolute atomic E-state index is 0.136. The molecular formula is C22H17Cl2N3O. The number of imidazole rings is 1. The highest BCUT2D eigenvalue weighted by molar-refractivity contribution is 6.31. The van der Waals surface area contributed by atoms with Gasteiger partial charge in [0.05, 0.1) is 11.0 Å². The molecule has 0 saturated carbocycles. The quantitative estimate of drug-likeness (QED) is 0.468. The Morgan fingerprint density at radius 1 is 0.929 bits per heavy atom. The van der Waals surface area contributed by atoms with E-state index in [1.54, 1.807) is 18.2 Å². The van der Waals surface area contributed by atoms with Gasteiger partial charge in [0.1, 0.15) is 12.4 Å². The molecule has 0 aliphatic carbocycles. The standard InChI is InChI=1S/C22H17Cl2N3O/c23-16-10-8-15(9-11-16)12-21-26-19-6-1-2-7-20(19)27(21)14-22(28)25-18-5-3-4-17(24)13-18/h1-11,13H,12,14H2,(H,25,28). The van der Waals surface area contributed by atoms with Gasteiger partial charge in [-0.1, -0.05) is 53.5 Å². The summed E-state index contributed by atoms with van der Waals surface area (Å²) in [5.74, 6) is 0.688. The van der Waals surface area contributed by atoms with Crippen molar-refractivity contribution in [2.75, 3.05) is 5.32 Å². The number of carbonyl (C=O) groups excluding carboxylic acids is 1. The number of amides is 1. The zero-order valence-corrected chi connectivity index (χ0v) is 16.4. The van der Waals surface area contributed by atoms with Crippen LogP contribution >= 0.6 is 23.2 Å². The lowest BCUT2D eigenvalue weighted by Crippen LogP contribution is -2.20. The lowest BCUT2D eigenvalue weighted by atomic mass is 10.1. The molecule has 0 aliphatic rings. The predicted octanol–water partition coefficient (Wildman–Crippen LogP) is 5.57. The van der Waals surface area contributed by atoms with Crippen LogP contribution in [0.15, 0.2) is 72.8 Å². The highest BCUT2D eigenvalue weighted by atomic mass is 35.5. The van der Waals surface area contributed by atoms with Crippen LogP contribution < -0.4 is 5.32 Å². The topological polar surface area (TPSA) is 46.9 Å². The number of carbonyl (C=O) groups is 1. The lowest BCUT2D eigenvalue weighted by Gasteiger charge is -2.10. The highest BCUT2D eigenvalue weighted by Gasteiger charge is 2.14. The summed E-state index contributed by atoms with van der Waals surface area (Å²) in [6.45, 7) is 0.163. The summed E-state index contributed by atoms with van der Waals surface area (Å²) in [6.07, 6.45) is 0.607. The number of fused-ring (bicyclic) bond motifs is 1. The molecule has 3 aromatic carbocycles. The van der Waals surface area contributed by atoms with E-state index in [4.69, 9.17) is 28.2 Å². The summed E-state index contributed by atoms with van der Waals surface area (Å²) in [4.78, 5) is 17.4. The largest absolute Gasteiger partial charge is 0.324 e. The average Bonchev–Trinajstić information content (AvgIpc) is 3.01. The van der Waals surface area contributed by atoms with Crippen LogP contribution in [0.2, 0.25) is 10.0 Å². The maximum Gasteiger partial charge on any atom is 0.244 e. The van der Waals surface area contributed by atoms with Crippen LogP contribution in [0.3, 0.4) is 0 Å². The van der Waals surface area contributed by atoms with Crippen molar-refractivity contribution >= 4 is 45.8 Å². The van der Waals surface area contributed by atoms with Crippen molar-refractivity contribution in [2.45, 2.75) is 13.0 Å². The SMILES string of the molecule is O=C(Cn1c(Cc2ccc(Cl)cc2)nc2ccccc21)Nc1cccc(Cl)c1. The van der Waals surface area contributed by atoms with Gasteiger partial charge in [0, 0.05) is 22.2 Å². The Balaban J connectivity index is 1.62. The van der Waals surface area contributed by atoms with E-state index in [1.807, 2.05) is 59.2 Å². The summed E-state index contributed by atoms with van der Waals surface area (Å²) >= 11 is 12.0. The van der Waals surface area contributed by atoms with Crippen LogP contribution in [0.4, 0.5) is 5.69 Å². The van der Waals surface area contributed by atoms with E-state index in [2.05, 4.69) is 5.32 Å². The first-order valence-corrected chi connectivity index (χ1v) is 9.58. The summed E-state index contributed by atoms with van der Waals surface area (Å²) in [6, 6.07) is 22.6. The van der Waals surface area contributed by atoms with Crippen molar-refractivity contribution in [2.24, 2.45) is 0 Å². The Labute approximate surface area is 172 Å². The van der Waals surface area contributed by atoms with Crippen LogP contribution in [0.25, 0.3) is 11.0 Å². The Morgan fingerprint density at radius 3 is 2.50 bits per heavy atom. The number of benzene rings is 3. The molecule has 4 nitrogen and oxygen atoms in total. The molecule has 140 valence electrons. The normalized spacial score (nSPS) is 10.9. The van der Waals surface area contributed by atoms with Gasteiger partial charge in [-0.3, -0.25) is 4.79 Å². The van der Waals surface area contributed by atoms with Gasteiger partial charge < -0.3 is 9.88 Å². The summed E-state index contributed by atoms with van der Waals surface area (Å²) in [5, 5.41) is 4.17. The molecule has 0 aliphatic heterocycles. The molecular weight excluding hydrogens is 393 g/mol. The molecule has 1 amide bonds. The molecule has 0 radical (unpaired) electrons. The molecule has 0 fully saturated rings. The molecule has 4 rings (SSSR count). The Kier molecular flexibility index (Phi) is 5.33. The van der Waals surface area contributed by atoms with E-state index in [1.165, 1.54) is 0 Å². The number of rotatable bonds is 5. The Bertz CT molecular complexity index is 1140. The molecule has 28 heavy (non-hydrogen) atoms.